The molecule has 0 radical (unpaired) electrons. The Bertz CT molecular complexity index is 1310. The lowest BCUT2D eigenvalue weighted by atomic mass is 9.95. The summed E-state index contributed by atoms with van der Waals surface area (Å²) in [7, 11) is 1.40. The van der Waals surface area contributed by atoms with Gasteiger partial charge >= 0.3 is 5.69 Å². The maximum atomic E-state index is 13.3. The van der Waals surface area contributed by atoms with Crippen LogP contribution in [-0.4, -0.2) is 34.0 Å². The van der Waals surface area contributed by atoms with Crippen LogP contribution in [0.4, 0.5) is 5.69 Å². The van der Waals surface area contributed by atoms with Gasteiger partial charge in [0.1, 0.15) is 5.82 Å². The van der Waals surface area contributed by atoms with Crippen LogP contribution >= 0.6 is 15.9 Å². The van der Waals surface area contributed by atoms with Crippen molar-refractivity contribution < 1.29 is 14.4 Å². The Morgan fingerprint density at radius 1 is 1.24 bits per heavy atom. The Hall–Kier alpha value is -3.27. The first-order chi connectivity index (χ1) is 15.4. The molecule has 0 aliphatic heterocycles. The number of benzene rings is 2. The summed E-state index contributed by atoms with van der Waals surface area (Å²) in [5.41, 5.74) is -0.156. The van der Waals surface area contributed by atoms with E-state index in [1.807, 2.05) is 26.8 Å². The molecule has 1 aromatic heterocycles. The Labute approximate surface area is 199 Å². The monoisotopic (exact) mass is 516 g/mol. The lowest BCUT2D eigenvalue weighted by molar-refractivity contribution is -0.386. The summed E-state index contributed by atoms with van der Waals surface area (Å²) in [6.45, 7) is 9.32. The Balaban J connectivity index is 2.21. The van der Waals surface area contributed by atoms with E-state index in [0.29, 0.717) is 22.3 Å². The van der Waals surface area contributed by atoms with Crippen molar-refractivity contribution in [3.05, 3.63) is 66.7 Å². The van der Waals surface area contributed by atoms with Crippen molar-refractivity contribution in [3.63, 3.8) is 0 Å². The average molecular weight is 517 g/mol. The first kappa shape index (κ1) is 24.4. The Morgan fingerprint density at radius 3 is 2.52 bits per heavy atom. The number of methoxy groups -OCH3 is 1. The molecule has 0 aliphatic carbocycles. The first-order valence-electron chi connectivity index (χ1n) is 10.2. The minimum Gasteiger partial charge on any atom is -0.493 e. The van der Waals surface area contributed by atoms with Crippen LogP contribution in [0.5, 0.6) is 11.5 Å². The van der Waals surface area contributed by atoms with E-state index in [9.17, 15) is 14.9 Å². The lowest BCUT2D eigenvalue weighted by Gasteiger charge is -2.21. The summed E-state index contributed by atoms with van der Waals surface area (Å²) in [4.78, 5) is 29.1. The fourth-order valence-corrected chi connectivity index (χ4v) is 3.55. The standard InChI is InChI=1S/C23H25BrN4O5/c1-13(2)33-20-18(28(30)31)9-14(10-19(20)32-6)12-25-27-21(29)16-11-15(24)7-8-17(16)26-22(27)23(3,4)5/h7-13H,1-6H3. The maximum absolute atomic E-state index is 13.3. The van der Waals surface area contributed by atoms with Gasteiger partial charge in [-0.1, -0.05) is 36.7 Å². The molecule has 0 aliphatic rings. The van der Waals surface area contributed by atoms with Crippen molar-refractivity contribution in [2.24, 2.45) is 5.10 Å². The maximum Gasteiger partial charge on any atom is 0.315 e. The van der Waals surface area contributed by atoms with E-state index in [0.717, 1.165) is 4.47 Å². The van der Waals surface area contributed by atoms with Gasteiger partial charge in [0.15, 0.2) is 5.75 Å². The van der Waals surface area contributed by atoms with Crippen LogP contribution in [0.1, 0.15) is 46.0 Å². The zero-order chi connectivity index (χ0) is 24.5. The zero-order valence-corrected chi connectivity index (χ0v) is 20.8. The number of ether oxygens (including phenoxy) is 2. The highest BCUT2D eigenvalue weighted by Gasteiger charge is 2.25. The molecule has 1 heterocycles. The van der Waals surface area contributed by atoms with Crippen molar-refractivity contribution in [1.82, 2.24) is 9.66 Å². The Kier molecular flexibility index (Phi) is 6.87. The second-order valence-corrected chi connectivity index (χ2v) is 9.62. The van der Waals surface area contributed by atoms with E-state index < -0.39 is 10.3 Å². The second kappa shape index (κ2) is 9.30. The van der Waals surface area contributed by atoms with Gasteiger partial charge in [-0.05, 0) is 38.1 Å². The van der Waals surface area contributed by atoms with E-state index in [4.69, 9.17) is 9.47 Å². The normalized spacial score (nSPS) is 12.0. The largest absolute Gasteiger partial charge is 0.493 e. The van der Waals surface area contributed by atoms with Crippen molar-refractivity contribution in [2.75, 3.05) is 7.11 Å². The topological polar surface area (TPSA) is 109 Å². The molecule has 10 heteroatoms. The molecule has 0 saturated carbocycles. The molecule has 3 rings (SSSR count). The van der Waals surface area contributed by atoms with Crippen LogP contribution in [0.2, 0.25) is 0 Å². The molecule has 2 aromatic carbocycles. The molecule has 0 unspecified atom stereocenters. The minimum atomic E-state index is -0.542. The van der Waals surface area contributed by atoms with Crippen LogP contribution in [0, 0.1) is 10.1 Å². The predicted molar refractivity (Wildman–Crippen MR) is 131 cm³/mol. The van der Waals surface area contributed by atoms with Crippen LogP contribution in [0.15, 0.2) is 44.7 Å². The number of aromatic nitrogens is 2. The quantitative estimate of drug-likeness (QED) is 0.257. The van der Waals surface area contributed by atoms with Gasteiger partial charge in [-0.25, -0.2) is 4.98 Å². The van der Waals surface area contributed by atoms with E-state index in [2.05, 4.69) is 26.0 Å². The number of fused-ring (bicyclic) bond motifs is 1. The summed E-state index contributed by atoms with van der Waals surface area (Å²) in [6, 6.07) is 8.18. The fourth-order valence-electron chi connectivity index (χ4n) is 3.19. The van der Waals surface area contributed by atoms with Crippen molar-refractivity contribution in [2.45, 2.75) is 46.1 Å². The van der Waals surface area contributed by atoms with Crippen molar-refractivity contribution >= 4 is 38.7 Å². The molecule has 0 amide bonds. The third-order valence-electron chi connectivity index (χ3n) is 4.63. The number of halogens is 1. The number of nitro benzene ring substituents is 1. The number of nitro groups is 1. The van der Waals surface area contributed by atoms with E-state index >= 15 is 0 Å². The zero-order valence-electron chi connectivity index (χ0n) is 19.2. The minimum absolute atomic E-state index is 0.0411. The summed E-state index contributed by atoms with van der Waals surface area (Å²) in [5, 5.41) is 16.4. The van der Waals surface area contributed by atoms with Gasteiger partial charge in [0.05, 0.1) is 35.3 Å². The number of hydrogen-bond acceptors (Lipinski definition) is 7. The molecule has 0 atom stereocenters. The van der Waals surface area contributed by atoms with Gasteiger partial charge in [0.25, 0.3) is 5.56 Å². The van der Waals surface area contributed by atoms with Gasteiger partial charge < -0.3 is 9.47 Å². The van der Waals surface area contributed by atoms with E-state index in [1.54, 1.807) is 32.0 Å². The lowest BCUT2D eigenvalue weighted by Crippen LogP contribution is -2.29. The third-order valence-corrected chi connectivity index (χ3v) is 5.12. The molecule has 0 saturated heterocycles. The summed E-state index contributed by atoms with van der Waals surface area (Å²) < 4.78 is 12.9. The smallest absolute Gasteiger partial charge is 0.315 e. The van der Waals surface area contributed by atoms with Crippen molar-refractivity contribution in [3.8, 4) is 11.5 Å². The highest BCUT2D eigenvalue weighted by atomic mass is 79.9. The SMILES string of the molecule is COc1cc(C=Nn2c(C(C)(C)C)nc3ccc(Br)cc3c2=O)cc([N+](=O)[O-])c1OC(C)C. The fraction of sp³-hybridized carbons (Fsp3) is 0.348. The summed E-state index contributed by atoms with van der Waals surface area (Å²) in [5.74, 6) is 0.697. The first-order valence-corrected chi connectivity index (χ1v) is 11.0. The molecule has 0 bridgehead atoms. The van der Waals surface area contributed by atoms with Crippen LogP contribution < -0.4 is 15.0 Å². The molecule has 0 fully saturated rings. The summed E-state index contributed by atoms with van der Waals surface area (Å²) >= 11 is 3.38. The van der Waals surface area contributed by atoms with Crippen LogP contribution in [-0.2, 0) is 5.41 Å². The van der Waals surface area contributed by atoms with Crippen molar-refractivity contribution in [1.29, 1.82) is 0 Å². The molecule has 3 aromatic rings. The van der Waals surface area contributed by atoms with Crippen LogP contribution in [0.3, 0.4) is 0 Å². The van der Waals surface area contributed by atoms with E-state index in [-0.39, 0.29) is 28.8 Å². The molecule has 0 spiro atoms. The van der Waals surface area contributed by atoms with Gasteiger partial charge in [-0.2, -0.15) is 9.78 Å². The number of nitrogens with zero attached hydrogens (tertiary/aromatic N) is 4. The van der Waals surface area contributed by atoms with Crippen LogP contribution in [0.25, 0.3) is 10.9 Å². The summed E-state index contributed by atoms with van der Waals surface area (Å²) in [6.07, 6.45) is 1.09. The number of hydrogen-bond donors (Lipinski definition) is 0. The third kappa shape index (κ3) is 5.22. The number of rotatable bonds is 6. The molecular formula is C23H25BrN4O5. The average Bonchev–Trinajstić information content (AvgIpc) is 2.72. The second-order valence-electron chi connectivity index (χ2n) is 8.70. The van der Waals surface area contributed by atoms with Gasteiger partial charge in [-0.15, -0.1) is 0 Å². The highest BCUT2D eigenvalue weighted by Crippen LogP contribution is 2.38. The molecule has 174 valence electrons. The Morgan fingerprint density at radius 2 is 1.94 bits per heavy atom. The highest BCUT2D eigenvalue weighted by molar-refractivity contribution is 9.10. The van der Waals surface area contributed by atoms with E-state index in [1.165, 1.54) is 24.1 Å². The van der Waals surface area contributed by atoms with Gasteiger partial charge in [-0.3, -0.25) is 14.9 Å². The molecule has 0 N–H and O–H groups in total. The molecule has 33 heavy (non-hydrogen) atoms. The molecule has 9 nitrogen and oxygen atoms in total. The van der Waals surface area contributed by atoms with Gasteiger partial charge in [0, 0.05) is 21.5 Å². The molecular weight excluding hydrogens is 492 g/mol. The van der Waals surface area contributed by atoms with Gasteiger partial charge in [0.2, 0.25) is 5.75 Å². The predicted octanol–water partition coefficient (Wildman–Crippen LogP) is 5.04.